The summed E-state index contributed by atoms with van der Waals surface area (Å²) in [5.41, 5.74) is 6.21. The van der Waals surface area contributed by atoms with Gasteiger partial charge in [-0.15, -0.1) is 10.2 Å². The maximum absolute atomic E-state index is 6.41. The third-order valence-electron chi connectivity index (χ3n) is 5.63. The van der Waals surface area contributed by atoms with Crippen molar-refractivity contribution in [3.8, 4) is 0 Å². The fourth-order valence-electron chi connectivity index (χ4n) is 4.01. The van der Waals surface area contributed by atoms with E-state index in [1.54, 1.807) is 6.07 Å². The monoisotopic (exact) mass is 447 g/mol. The Balaban J connectivity index is 1.44. The molecule has 0 aliphatic carbocycles. The van der Waals surface area contributed by atoms with E-state index in [9.17, 15) is 0 Å². The second kappa shape index (κ2) is 8.02. The highest BCUT2D eigenvalue weighted by atomic mass is 35.5. The number of hydrogen-bond acceptors (Lipinski definition) is 8. The van der Waals surface area contributed by atoms with Crippen LogP contribution in [0.1, 0.15) is 29.7 Å². The lowest BCUT2D eigenvalue weighted by Crippen LogP contribution is -2.49. The van der Waals surface area contributed by atoms with E-state index in [1.165, 1.54) is 0 Å². The third kappa shape index (κ3) is 3.71. The number of rotatable bonds is 4. The summed E-state index contributed by atoms with van der Waals surface area (Å²) >= 11 is 12.6. The van der Waals surface area contributed by atoms with Gasteiger partial charge in [0.05, 0.1) is 11.6 Å². The summed E-state index contributed by atoms with van der Waals surface area (Å²) in [6.07, 6.45) is 3.09. The minimum atomic E-state index is 0.279. The third-order valence-corrected chi connectivity index (χ3v) is 6.24. The van der Waals surface area contributed by atoms with Crippen molar-refractivity contribution in [3.63, 3.8) is 0 Å². The van der Waals surface area contributed by atoms with E-state index in [-0.39, 0.29) is 5.92 Å². The zero-order chi connectivity index (χ0) is 20.7. The summed E-state index contributed by atoms with van der Waals surface area (Å²) in [4.78, 5) is 2.27. The van der Waals surface area contributed by atoms with Crippen molar-refractivity contribution < 1.29 is 4.42 Å². The van der Waals surface area contributed by atoms with Crippen LogP contribution in [-0.4, -0.2) is 53.3 Å². The molecule has 3 aliphatic rings. The molecule has 1 aromatic carbocycles. The molecule has 0 spiro atoms. The molecule has 8 nitrogen and oxygen atoms in total. The van der Waals surface area contributed by atoms with Crippen molar-refractivity contribution in [2.24, 2.45) is 0 Å². The van der Waals surface area contributed by atoms with Crippen LogP contribution in [0.15, 0.2) is 40.2 Å². The Hall–Kier alpha value is -2.42. The van der Waals surface area contributed by atoms with Crippen LogP contribution in [-0.2, 0) is 6.54 Å². The second-order valence-electron chi connectivity index (χ2n) is 7.68. The summed E-state index contributed by atoms with van der Waals surface area (Å²) in [5, 5.41) is 18.6. The Morgan fingerprint density at radius 2 is 2.13 bits per heavy atom. The molecule has 0 saturated carbocycles. The lowest BCUT2D eigenvalue weighted by molar-refractivity contribution is 0.271. The predicted molar refractivity (Wildman–Crippen MR) is 115 cm³/mol. The van der Waals surface area contributed by atoms with Gasteiger partial charge >= 0.3 is 0 Å². The maximum atomic E-state index is 6.41. The van der Waals surface area contributed by atoms with Gasteiger partial charge in [0.15, 0.2) is 0 Å². The van der Waals surface area contributed by atoms with Crippen molar-refractivity contribution in [3.05, 3.63) is 63.2 Å². The van der Waals surface area contributed by atoms with Crippen molar-refractivity contribution in [2.45, 2.75) is 18.9 Å². The summed E-state index contributed by atoms with van der Waals surface area (Å²) in [5.74, 6) is 2.41. The van der Waals surface area contributed by atoms with Crippen LogP contribution < -0.4 is 16.1 Å². The van der Waals surface area contributed by atoms with Gasteiger partial charge in [0.2, 0.25) is 5.89 Å². The van der Waals surface area contributed by atoms with Crippen molar-refractivity contribution in [1.82, 2.24) is 36.2 Å². The molecule has 1 unspecified atom stereocenters. The van der Waals surface area contributed by atoms with Crippen LogP contribution in [0, 0.1) is 0 Å². The Morgan fingerprint density at radius 3 is 2.97 bits per heavy atom. The number of hydrogen-bond donors (Lipinski definition) is 3. The molecule has 0 amide bonds. The molecule has 1 fully saturated rings. The minimum absolute atomic E-state index is 0.279. The number of benzene rings is 1. The van der Waals surface area contributed by atoms with E-state index in [0.29, 0.717) is 28.4 Å². The van der Waals surface area contributed by atoms with Crippen LogP contribution in [0.2, 0.25) is 10.0 Å². The zero-order valence-electron chi connectivity index (χ0n) is 16.6. The summed E-state index contributed by atoms with van der Waals surface area (Å²) in [7, 11) is 1.94. The molecular weight excluding hydrogens is 425 g/mol. The Kier molecular flexibility index (Phi) is 5.22. The van der Waals surface area contributed by atoms with Gasteiger partial charge in [0.25, 0.3) is 5.89 Å². The summed E-state index contributed by atoms with van der Waals surface area (Å²) in [6, 6.07) is 5.56. The Bertz CT molecular complexity index is 1010. The SMILES string of the molecule is CN1NC2=C(C=C1c1nnc(C3CCNC3)o1)N(Cc1cc(Cl)ccc1Cl)CCN2. The molecule has 5 rings (SSSR count). The van der Waals surface area contributed by atoms with Gasteiger partial charge in [-0.1, -0.05) is 23.2 Å². The van der Waals surface area contributed by atoms with Crippen LogP contribution in [0.4, 0.5) is 0 Å². The normalized spacial score (nSPS) is 21.3. The average molecular weight is 448 g/mol. The van der Waals surface area contributed by atoms with Gasteiger partial charge in [-0.25, -0.2) is 0 Å². The highest BCUT2D eigenvalue weighted by Crippen LogP contribution is 2.30. The van der Waals surface area contributed by atoms with Crippen molar-refractivity contribution in [1.29, 1.82) is 0 Å². The van der Waals surface area contributed by atoms with E-state index in [2.05, 4.69) is 37.2 Å². The molecule has 10 heteroatoms. The first-order valence-electron chi connectivity index (χ1n) is 10.0. The van der Waals surface area contributed by atoms with Crippen LogP contribution in [0.25, 0.3) is 5.70 Å². The van der Waals surface area contributed by atoms with E-state index in [1.807, 2.05) is 24.2 Å². The Labute approximate surface area is 184 Å². The molecule has 0 radical (unpaired) electrons. The molecule has 0 bridgehead atoms. The molecule has 3 N–H and O–H groups in total. The molecule has 4 heterocycles. The number of halogens is 2. The number of aromatic nitrogens is 2. The van der Waals surface area contributed by atoms with Crippen LogP contribution in [0.5, 0.6) is 0 Å². The molecule has 30 heavy (non-hydrogen) atoms. The van der Waals surface area contributed by atoms with Gasteiger partial charge in [0.1, 0.15) is 11.5 Å². The van der Waals surface area contributed by atoms with Gasteiger partial charge < -0.3 is 20.0 Å². The fraction of sp³-hybridized carbons (Fsp3) is 0.400. The van der Waals surface area contributed by atoms with E-state index >= 15 is 0 Å². The average Bonchev–Trinajstić information content (AvgIpc) is 3.42. The number of hydrazine groups is 1. The van der Waals surface area contributed by atoms with Crippen LogP contribution in [0.3, 0.4) is 0 Å². The fourth-order valence-corrected chi connectivity index (χ4v) is 4.38. The second-order valence-corrected chi connectivity index (χ2v) is 8.52. The summed E-state index contributed by atoms with van der Waals surface area (Å²) < 4.78 is 6.03. The number of allylic oxidation sites excluding steroid dienone is 1. The topological polar surface area (TPSA) is 81.5 Å². The van der Waals surface area contributed by atoms with Crippen molar-refractivity contribution >= 4 is 28.9 Å². The number of nitrogens with zero attached hydrogens (tertiary/aromatic N) is 4. The largest absolute Gasteiger partial charge is 0.419 e. The molecule has 1 atom stereocenters. The van der Waals surface area contributed by atoms with Gasteiger partial charge in [0, 0.05) is 43.3 Å². The van der Waals surface area contributed by atoms with Crippen molar-refractivity contribution in [2.75, 3.05) is 33.2 Å². The minimum Gasteiger partial charge on any atom is -0.419 e. The first-order chi connectivity index (χ1) is 14.6. The quantitative estimate of drug-likeness (QED) is 0.659. The van der Waals surface area contributed by atoms with E-state index < -0.39 is 0 Å². The highest BCUT2D eigenvalue weighted by molar-refractivity contribution is 6.33. The molecule has 1 saturated heterocycles. The lowest BCUT2D eigenvalue weighted by atomic mass is 10.1. The van der Waals surface area contributed by atoms with Gasteiger partial charge in [-0.05, 0) is 42.8 Å². The zero-order valence-corrected chi connectivity index (χ0v) is 18.1. The smallest absolute Gasteiger partial charge is 0.265 e. The molecular formula is C20H23Cl2N7O. The number of nitrogens with one attached hydrogen (secondary N) is 3. The molecule has 2 aromatic rings. The van der Waals surface area contributed by atoms with Gasteiger partial charge in [-0.3, -0.25) is 10.4 Å². The van der Waals surface area contributed by atoms with Gasteiger partial charge in [-0.2, -0.15) is 0 Å². The predicted octanol–water partition coefficient (Wildman–Crippen LogP) is 2.52. The summed E-state index contributed by atoms with van der Waals surface area (Å²) in [6.45, 7) is 4.16. The Morgan fingerprint density at radius 1 is 1.23 bits per heavy atom. The van der Waals surface area contributed by atoms with E-state index in [4.69, 9.17) is 27.6 Å². The molecule has 158 valence electrons. The highest BCUT2D eigenvalue weighted by Gasteiger charge is 2.29. The first-order valence-corrected chi connectivity index (χ1v) is 10.8. The standard InChI is InChI=1S/C20H23Cl2N7O/c1-28-17(20-26-25-19(30-20)12-4-5-23-10-12)9-16-18(27-28)24-6-7-29(16)11-13-8-14(21)2-3-15(13)22/h2-3,8-9,12,23-24,27H,4-7,10-11H2,1H3. The van der Waals surface area contributed by atoms with E-state index in [0.717, 1.165) is 55.4 Å². The molecule has 3 aliphatic heterocycles. The maximum Gasteiger partial charge on any atom is 0.265 e. The first kappa shape index (κ1) is 19.5. The lowest BCUT2D eigenvalue weighted by Gasteiger charge is -2.39. The molecule has 1 aromatic heterocycles. The van der Waals surface area contributed by atoms with Crippen LogP contribution >= 0.6 is 23.2 Å².